The minimum Gasteiger partial charge on any atom is -0.443 e. The predicted molar refractivity (Wildman–Crippen MR) is 86.7 cm³/mol. The van der Waals surface area contributed by atoms with Crippen LogP contribution in [0.15, 0.2) is 6.33 Å². The van der Waals surface area contributed by atoms with Gasteiger partial charge in [0, 0.05) is 5.56 Å². The lowest BCUT2D eigenvalue weighted by Gasteiger charge is -2.28. The van der Waals surface area contributed by atoms with Gasteiger partial charge in [-0.25, -0.2) is 19.6 Å². The average Bonchev–Trinajstić information content (AvgIpc) is 2.30. The second kappa shape index (κ2) is 6.70. The fourth-order valence-electron chi connectivity index (χ4n) is 1.51. The summed E-state index contributed by atoms with van der Waals surface area (Å²) in [4.78, 5) is 33.4. The van der Waals surface area contributed by atoms with Gasteiger partial charge in [-0.2, -0.15) is 4.90 Å². The van der Waals surface area contributed by atoms with Gasteiger partial charge in [0.25, 0.3) is 0 Å². The zero-order valence-electron chi connectivity index (χ0n) is 14.4. The van der Waals surface area contributed by atoms with Crippen LogP contribution in [0.3, 0.4) is 0 Å². The standard InChI is InChI=1S/C15H22ClN3O4/c1-9-10(16)17-8-18-11(9)19(12(20)22-14(2,3)4)13(21)23-15(5,6)7/h8H,1-7H3. The largest absolute Gasteiger partial charge is 0.443 e. The molecule has 0 aliphatic heterocycles. The van der Waals surface area contributed by atoms with Crippen LogP contribution >= 0.6 is 11.6 Å². The maximum atomic E-state index is 12.4. The average molecular weight is 344 g/mol. The number of hydrogen-bond donors (Lipinski definition) is 0. The molecule has 0 aromatic carbocycles. The van der Waals surface area contributed by atoms with Gasteiger partial charge in [0.1, 0.15) is 22.7 Å². The van der Waals surface area contributed by atoms with Crippen molar-refractivity contribution in [1.29, 1.82) is 0 Å². The first-order valence-electron chi connectivity index (χ1n) is 7.05. The van der Waals surface area contributed by atoms with Gasteiger partial charge >= 0.3 is 12.2 Å². The van der Waals surface area contributed by atoms with Gasteiger partial charge in [0.2, 0.25) is 0 Å². The number of carbonyl (C=O) groups is 2. The van der Waals surface area contributed by atoms with Gasteiger partial charge in [-0.05, 0) is 48.5 Å². The highest BCUT2D eigenvalue weighted by molar-refractivity contribution is 6.30. The maximum Gasteiger partial charge on any atom is 0.425 e. The van der Waals surface area contributed by atoms with E-state index in [0.29, 0.717) is 5.56 Å². The maximum absolute atomic E-state index is 12.4. The molecule has 0 N–H and O–H groups in total. The molecule has 128 valence electrons. The van der Waals surface area contributed by atoms with Crippen molar-refractivity contribution in [2.24, 2.45) is 0 Å². The molecule has 0 bridgehead atoms. The lowest BCUT2D eigenvalue weighted by atomic mass is 10.2. The van der Waals surface area contributed by atoms with Gasteiger partial charge in [-0.1, -0.05) is 11.6 Å². The van der Waals surface area contributed by atoms with Crippen LogP contribution in [-0.4, -0.2) is 33.4 Å². The molecule has 2 amide bonds. The molecule has 0 spiro atoms. The zero-order valence-corrected chi connectivity index (χ0v) is 15.2. The first-order valence-corrected chi connectivity index (χ1v) is 7.43. The molecule has 0 atom stereocenters. The van der Waals surface area contributed by atoms with Crippen LogP contribution < -0.4 is 4.90 Å². The number of imide groups is 1. The van der Waals surface area contributed by atoms with Crippen molar-refractivity contribution >= 4 is 29.6 Å². The number of ether oxygens (including phenoxy) is 2. The molecule has 0 saturated heterocycles. The number of amides is 2. The van der Waals surface area contributed by atoms with Crippen LogP contribution in [0, 0.1) is 6.92 Å². The Morgan fingerprint density at radius 1 is 1.00 bits per heavy atom. The summed E-state index contributed by atoms with van der Waals surface area (Å²) in [6.45, 7) is 11.8. The molecule has 1 aromatic heterocycles. The lowest BCUT2D eigenvalue weighted by molar-refractivity contribution is 0.0428. The van der Waals surface area contributed by atoms with Crippen molar-refractivity contribution in [3.8, 4) is 0 Å². The minimum absolute atomic E-state index is 0.0218. The molecule has 1 aromatic rings. The van der Waals surface area contributed by atoms with Crippen molar-refractivity contribution < 1.29 is 19.1 Å². The third kappa shape index (κ3) is 5.67. The SMILES string of the molecule is Cc1c(Cl)ncnc1N(C(=O)OC(C)(C)C)C(=O)OC(C)(C)C. The number of anilines is 1. The van der Waals surface area contributed by atoms with Crippen molar-refractivity contribution in [2.75, 3.05) is 4.90 Å². The summed E-state index contributed by atoms with van der Waals surface area (Å²) >= 11 is 5.95. The molecule has 0 aliphatic carbocycles. The van der Waals surface area contributed by atoms with Crippen molar-refractivity contribution in [3.63, 3.8) is 0 Å². The van der Waals surface area contributed by atoms with Crippen LogP contribution in [0.5, 0.6) is 0 Å². The fraction of sp³-hybridized carbons (Fsp3) is 0.600. The quantitative estimate of drug-likeness (QED) is 0.713. The first kappa shape index (κ1) is 19.2. The van der Waals surface area contributed by atoms with Gasteiger partial charge in [-0.15, -0.1) is 0 Å². The molecule has 0 saturated carbocycles. The van der Waals surface area contributed by atoms with Gasteiger partial charge in [-0.3, -0.25) is 0 Å². The molecule has 0 aliphatic rings. The second-order valence-corrected chi connectivity index (χ2v) is 7.27. The van der Waals surface area contributed by atoms with Crippen LogP contribution in [0.25, 0.3) is 0 Å². The van der Waals surface area contributed by atoms with E-state index in [4.69, 9.17) is 21.1 Å². The number of carbonyl (C=O) groups excluding carboxylic acids is 2. The predicted octanol–water partition coefficient (Wildman–Crippen LogP) is 4.12. The van der Waals surface area contributed by atoms with Crippen LogP contribution in [0.4, 0.5) is 15.4 Å². The Hall–Kier alpha value is -1.89. The van der Waals surface area contributed by atoms with E-state index >= 15 is 0 Å². The summed E-state index contributed by atoms with van der Waals surface area (Å²) in [6, 6.07) is 0. The molecule has 1 heterocycles. The van der Waals surface area contributed by atoms with Crippen LogP contribution in [-0.2, 0) is 9.47 Å². The summed E-state index contributed by atoms with van der Waals surface area (Å²) in [6.07, 6.45) is -0.638. The Balaban J connectivity index is 3.29. The van der Waals surface area contributed by atoms with Gasteiger partial charge in [0.15, 0.2) is 5.82 Å². The molecule has 0 radical (unpaired) electrons. The van der Waals surface area contributed by atoms with E-state index in [1.807, 2.05) is 0 Å². The third-order valence-electron chi connectivity index (χ3n) is 2.36. The summed E-state index contributed by atoms with van der Waals surface area (Å²) in [5.74, 6) is 0.0218. The summed E-state index contributed by atoms with van der Waals surface area (Å²) in [5, 5.41) is 0.132. The molecule has 23 heavy (non-hydrogen) atoms. The van der Waals surface area contributed by atoms with E-state index in [2.05, 4.69) is 9.97 Å². The monoisotopic (exact) mass is 343 g/mol. The molecule has 0 fully saturated rings. The van der Waals surface area contributed by atoms with E-state index in [9.17, 15) is 9.59 Å². The van der Waals surface area contributed by atoms with Gasteiger partial charge < -0.3 is 9.47 Å². The van der Waals surface area contributed by atoms with Crippen molar-refractivity contribution in [3.05, 3.63) is 17.0 Å². The van der Waals surface area contributed by atoms with Gasteiger partial charge in [0.05, 0.1) is 0 Å². The summed E-state index contributed by atoms with van der Waals surface area (Å²) in [7, 11) is 0. The Bertz CT molecular complexity index is 578. The molecular formula is C15H22ClN3O4. The number of aromatic nitrogens is 2. The Morgan fingerprint density at radius 3 is 1.83 bits per heavy atom. The normalized spacial score (nSPS) is 11.8. The minimum atomic E-state index is -0.899. The van der Waals surface area contributed by atoms with E-state index in [0.717, 1.165) is 11.2 Å². The number of hydrogen-bond acceptors (Lipinski definition) is 6. The van der Waals surface area contributed by atoms with Crippen LogP contribution in [0.1, 0.15) is 47.1 Å². The Kier molecular flexibility index (Phi) is 5.58. The first-order chi connectivity index (χ1) is 10.3. The third-order valence-corrected chi connectivity index (χ3v) is 2.74. The van der Waals surface area contributed by atoms with E-state index in [-0.39, 0.29) is 11.0 Å². The molecule has 0 unspecified atom stereocenters. The summed E-state index contributed by atoms with van der Waals surface area (Å²) in [5.41, 5.74) is -1.21. The topological polar surface area (TPSA) is 81.6 Å². The van der Waals surface area contributed by atoms with Crippen molar-refractivity contribution in [1.82, 2.24) is 9.97 Å². The summed E-state index contributed by atoms with van der Waals surface area (Å²) < 4.78 is 10.5. The molecular weight excluding hydrogens is 322 g/mol. The van der Waals surface area contributed by atoms with Crippen molar-refractivity contribution in [2.45, 2.75) is 59.7 Å². The highest BCUT2D eigenvalue weighted by Gasteiger charge is 2.34. The second-order valence-electron chi connectivity index (χ2n) is 6.91. The highest BCUT2D eigenvalue weighted by atomic mass is 35.5. The number of rotatable bonds is 1. The molecule has 1 rings (SSSR count). The Morgan fingerprint density at radius 2 is 1.43 bits per heavy atom. The Labute approximate surface area is 140 Å². The fourth-order valence-corrected chi connectivity index (χ4v) is 1.64. The van der Waals surface area contributed by atoms with E-state index in [1.54, 1.807) is 48.5 Å². The zero-order chi connectivity index (χ0) is 18.0. The molecule has 7 nitrogen and oxygen atoms in total. The smallest absolute Gasteiger partial charge is 0.425 e. The lowest BCUT2D eigenvalue weighted by Crippen LogP contribution is -2.44. The van der Waals surface area contributed by atoms with E-state index in [1.165, 1.54) is 0 Å². The molecule has 8 heteroatoms. The number of nitrogens with zero attached hydrogens (tertiary/aromatic N) is 3. The van der Waals surface area contributed by atoms with Crippen LogP contribution in [0.2, 0.25) is 5.15 Å². The highest BCUT2D eigenvalue weighted by Crippen LogP contribution is 2.25. The number of halogens is 1. The van der Waals surface area contributed by atoms with E-state index < -0.39 is 23.4 Å².